The van der Waals surface area contributed by atoms with Crippen molar-refractivity contribution in [2.45, 2.75) is 4.90 Å². The number of anilines is 2. The molecule has 2 N–H and O–H groups in total. The molecule has 0 saturated carbocycles. The third-order valence-corrected chi connectivity index (χ3v) is 5.49. The van der Waals surface area contributed by atoms with E-state index >= 15 is 0 Å². The number of sulfonamides is 1. The lowest BCUT2D eigenvalue weighted by molar-refractivity contribution is 0.102. The number of nitrogens with one attached hydrogen (secondary N) is 2. The van der Waals surface area contributed by atoms with Crippen LogP contribution in [0.3, 0.4) is 0 Å². The number of halogens is 2. The smallest absolute Gasteiger partial charge is 0.261 e. The number of amides is 1. The second-order valence-corrected chi connectivity index (χ2v) is 8.12. The number of hydrogen-bond donors (Lipinski definition) is 2. The molecule has 0 radical (unpaired) electrons. The van der Waals surface area contributed by atoms with E-state index < -0.39 is 15.9 Å². The molecule has 3 rings (SSSR count). The predicted octanol–water partition coefficient (Wildman–Crippen LogP) is 5.05. The molecule has 27 heavy (non-hydrogen) atoms. The van der Waals surface area contributed by atoms with Gasteiger partial charge >= 0.3 is 0 Å². The Balaban J connectivity index is 1.87. The third kappa shape index (κ3) is 4.80. The first-order valence-electron chi connectivity index (χ1n) is 7.79. The van der Waals surface area contributed by atoms with Crippen molar-refractivity contribution < 1.29 is 13.2 Å². The van der Waals surface area contributed by atoms with Crippen LogP contribution >= 0.6 is 23.2 Å². The summed E-state index contributed by atoms with van der Waals surface area (Å²) in [6.07, 6.45) is 0. The number of benzene rings is 3. The number of rotatable bonds is 5. The average Bonchev–Trinajstić information content (AvgIpc) is 2.62. The summed E-state index contributed by atoms with van der Waals surface area (Å²) in [5.74, 6) is -0.466. The normalized spacial score (nSPS) is 11.0. The summed E-state index contributed by atoms with van der Waals surface area (Å²) in [5, 5.41) is 3.60. The van der Waals surface area contributed by atoms with E-state index in [0.29, 0.717) is 15.7 Å². The molecule has 8 heteroatoms. The van der Waals surface area contributed by atoms with Gasteiger partial charge in [0, 0.05) is 15.7 Å². The Morgan fingerprint density at radius 1 is 0.815 bits per heavy atom. The predicted molar refractivity (Wildman–Crippen MR) is 108 cm³/mol. The summed E-state index contributed by atoms with van der Waals surface area (Å²) >= 11 is 11.7. The van der Waals surface area contributed by atoms with Gasteiger partial charge in [-0.25, -0.2) is 8.42 Å². The molecule has 0 saturated heterocycles. The molecule has 0 aliphatic rings. The van der Waals surface area contributed by atoms with Gasteiger partial charge < -0.3 is 5.32 Å². The Morgan fingerprint density at radius 2 is 1.52 bits per heavy atom. The first-order chi connectivity index (χ1) is 12.8. The summed E-state index contributed by atoms with van der Waals surface area (Å²) in [6.45, 7) is 0. The minimum Gasteiger partial charge on any atom is -0.322 e. The highest BCUT2D eigenvalue weighted by Crippen LogP contribution is 2.23. The zero-order chi connectivity index (χ0) is 19.4. The van der Waals surface area contributed by atoms with Gasteiger partial charge in [0.1, 0.15) is 0 Å². The second kappa shape index (κ2) is 8.00. The molecule has 0 bridgehead atoms. The molecule has 3 aromatic rings. The van der Waals surface area contributed by atoms with E-state index in [-0.39, 0.29) is 16.1 Å². The van der Waals surface area contributed by atoms with Crippen molar-refractivity contribution in [3.8, 4) is 0 Å². The molecule has 0 aliphatic carbocycles. The van der Waals surface area contributed by atoms with Gasteiger partial charge in [-0.2, -0.15) is 0 Å². The average molecular weight is 421 g/mol. The molecule has 0 aromatic heterocycles. The van der Waals surface area contributed by atoms with Crippen LogP contribution in [0.1, 0.15) is 10.4 Å². The Kier molecular flexibility index (Phi) is 5.70. The Bertz CT molecular complexity index is 1080. The lowest BCUT2D eigenvalue weighted by Gasteiger charge is -2.13. The molecule has 1 amide bonds. The summed E-state index contributed by atoms with van der Waals surface area (Å²) in [5.41, 5.74) is 0.838. The lowest BCUT2D eigenvalue weighted by Crippen LogP contribution is -2.18. The van der Waals surface area contributed by atoms with Gasteiger partial charge in [0.2, 0.25) is 0 Å². The van der Waals surface area contributed by atoms with Crippen LogP contribution in [0.15, 0.2) is 77.7 Å². The molecular weight excluding hydrogens is 407 g/mol. The Labute approximate surface area is 167 Å². The second-order valence-electron chi connectivity index (χ2n) is 5.57. The summed E-state index contributed by atoms with van der Waals surface area (Å²) < 4.78 is 27.6. The number of para-hydroxylation sites is 1. The van der Waals surface area contributed by atoms with Gasteiger partial charge in [-0.15, -0.1) is 0 Å². The van der Waals surface area contributed by atoms with Gasteiger partial charge in [0.15, 0.2) is 0 Å². The summed E-state index contributed by atoms with van der Waals surface area (Å²) in [7, 11) is -3.88. The van der Waals surface area contributed by atoms with Crippen LogP contribution in [-0.4, -0.2) is 14.3 Å². The lowest BCUT2D eigenvalue weighted by atomic mass is 10.1. The highest BCUT2D eigenvalue weighted by atomic mass is 35.5. The van der Waals surface area contributed by atoms with Crippen molar-refractivity contribution >= 4 is 50.5 Å². The zero-order valence-corrected chi connectivity index (χ0v) is 16.1. The largest absolute Gasteiger partial charge is 0.322 e. The van der Waals surface area contributed by atoms with Gasteiger partial charge in [-0.3, -0.25) is 9.52 Å². The summed E-state index contributed by atoms with van der Waals surface area (Å²) in [4.78, 5) is 12.6. The van der Waals surface area contributed by atoms with Crippen molar-refractivity contribution in [1.29, 1.82) is 0 Å². The molecule has 0 fully saturated rings. The van der Waals surface area contributed by atoms with Gasteiger partial charge in [0.25, 0.3) is 15.9 Å². The first kappa shape index (κ1) is 19.2. The monoisotopic (exact) mass is 420 g/mol. The van der Waals surface area contributed by atoms with E-state index in [1.807, 2.05) is 0 Å². The van der Waals surface area contributed by atoms with Crippen molar-refractivity contribution in [1.82, 2.24) is 0 Å². The van der Waals surface area contributed by atoms with Gasteiger partial charge in [-0.05, 0) is 54.6 Å². The van der Waals surface area contributed by atoms with Crippen LogP contribution in [-0.2, 0) is 10.0 Å². The SMILES string of the molecule is O=C(Nc1cccc(Cl)c1)c1ccccc1NS(=O)(=O)c1ccc(Cl)cc1. The molecular formula is C19H14Cl2N2O3S. The maximum atomic E-state index is 12.6. The van der Waals surface area contributed by atoms with Crippen LogP contribution in [0.2, 0.25) is 10.0 Å². The molecule has 0 heterocycles. The van der Waals surface area contributed by atoms with Crippen LogP contribution in [0, 0.1) is 0 Å². The maximum Gasteiger partial charge on any atom is 0.261 e. The van der Waals surface area contributed by atoms with Crippen LogP contribution < -0.4 is 10.0 Å². The Hall–Kier alpha value is -2.54. The molecule has 0 unspecified atom stereocenters. The van der Waals surface area contributed by atoms with Crippen molar-refractivity contribution in [3.63, 3.8) is 0 Å². The van der Waals surface area contributed by atoms with Crippen molar-refractivity contribution in [2.24, 2.45) is 0 Å². The van der Waals surface area contributed by atoms with E-state index in [1.165, 1.54) is 36.4 Å². The maximum absolute atomic E-state index is 12.6. The van der Waals surface area contributed by atoms with Crippen LogP contribution in [0.5, 0.6) is 0 Å². The summed E-state index contributed by atoms with van der Waals surface area (Å²) in [6, 6.07) is 18.7. The van der Waals surface area contributed by atoms with Gasteiger partial charge in [0.05, 0.1) is 16.1 Å². The van der Waals surface area contributed by atoms with Gasteiger partial charge in [-0.1, -0.05) is 41.4 Å². The van der Waals surface area contributed by atoms with Crippen LogP contribution in [0.25, 0.3) is 0 Å². The van der Waals surface area contributed by atoms with E-state index in [0.717, 1.165) is 0 Å². The molecule has 0 atom stereocenters. The quantitative estimate of drug-likeness (QED) is 0.606. The molecule has 3 aromatic carbocycles. The standard InChI is InChI=1S/C19H14Cl2N2O3S/c20-13-8-10-16(11-9-13)27(25,26)23-18-7-2-1-6-17(18)19(24)22-15-5-3-4-14(21)12-15/h1-12,23H,(H,22,24). The van der Waals surface area contributed by atoms with E-state index in [1.54, 1.807) is 36.4 Å². The molecule has 5 nitrogen and oxygen atoms in total. The Morgan fingerprint density at radius 3 is 2.22 bits per heavy atom. The minimum atomic E-state index is -3.88. The minimum absolute atomic E-state index is 0.0388. The van der Waals surface area contributed by atoms with E-state index in [2.05, 4.69) is 10.0 Å². The van der Waals surface area contributed by atoms with E-state index in [9.17, 15) is 13.2 Å². The fraction of sp³-hybridized carbons (Fsp3) is 0. The zero-order valence-electron chi connectivity index (χ0n) is 13.8. The number of hydrogen-bond acceptors (Lipinski definition) is 3. The fourth-order valence-electron chi connectivity index (χ4n) is 2.35. The number of carbonyl (C=O) groups excluding carboxylic acids is 1. The highest BCUT2D eigenvalue weighted by molar-refractivity contribution is 7.92. The van der Waals surface area contributed by atoms with Crippen LogP contribution in [0.4, 0.5) is 11.4 Å². The van der Waals surface area contributed by atoms with E-state index in [4.69, 9.17) is 23.2 Å². The highest BCUT2D eigenvalue weighted by Gasteiger charge is 2.18. The third-order valence-electron chi connectivity index (χ3n) is 3.62. The van der Waals surface area contributed by atoms with Crippen molar-refractivity contribution in [2.75, 3.05) is 10.0 Å². The van der Waals surface area contributed by atoms with Crippen molar-refractivity contribution in [3.05, 3.63) is 88.4 Å². The molecule has 0 spiro atoms. The topological polar surface area (TPSA) is 75.3 Å². The molecule has 0 aliphatic heterocycles. The first-order valence-corrected chi connectivity index (χ1v) is 10.0. The fourth-order valence-corrected chi connectivity index (χ4v) is 3.75. The molecule has 138 valence electrons. The number of carbonyl (C=O) groups is 1.